The molecule has 1 heterocycles. The van der Waals surface area contributed by atoms with Crippen LogP contribution in [0.5, 0.6) is 5.75 Å². The monoisotopic (exact) mass is 242 g/mol. The van der Waals surface area contributed by atoms with Gasteiger partial charge in [-0.25, -0.2) is 0 Å². The second-order valence-corrected chi connectivity index (χ2v) is 4.17. The number of anilines is 1. The summed E-state index contributed by atoms with van der Waals surface area (Å²) < 4.78 is 5.23. The third kappa shape index (κ3) is 2.60. The van der Waals surface area contributed by atoms with Crippen molar-refractivity contribution >= 4 is 18.1 Å². The minimum atomic E-state index is 0. The molecule has 0 aromatic heterocycles. The van der Waals surface area contributed by atoms with Crippen molar-refractivity contribution in [2.75, 3.05) is 25.1 Å². The van der Waals surface area contributed by atoms with Crippen molar-refractivity contribution in [2.45, 2.75) is 19.4 Å². The molecule has 1 aromatic carbocycles. The van der Waals surface area contributed by atoms with Gasteiger partial charge < -0.3 is 15.4 Å². The fraction of sp³-hybridized carbons (Fsp3) is 0.500. The van der Waals surface area contributed by atoms with Crippen LogP contribution in [0, 0.1) is 0 Å². The van der Waals surface area contributed by atoms with Crippen LogP contribution in [0.15, 0.2) is 18.2 Å². The smallest absolute Gasteiger partial charge is 0.120 e. The molecule has 0 saturated heterocycles. The van der Waals surface area contributed by atoms with Gasteiger partial charge in [0, 0.05) is 30.9 Å². The molecule has 1 aromatic rings. The molecular formula is C12H19ClN2O. The van der Waals surface area contributed by atoms with Gasteiger partial charge in [0.25, 0.3) is 0 Å². The standard InChI is InChI=1S/C12H18N2O.ClH/c1-9(13)8-14-6-5-10-3-4-11(15-2)7-12(10)14;/h3-4,7,9H,5-6,8,13H2,1-2H3;1H. The summed E-state index contributed by atoms with van der Waals surface area (Å²) in [6.07, 6.45) is 1.12. The summed E-state index contributed by atoms with van der Waals surface area (Å²) in [5, 5.41) is 0. The molecule has 3 nitrogen and oxygen atoms in total. The lowest BCUT2D eigenvalue weighted by Gasteiger charge is -2.21. The molecule has 90 valence electrons. The first-order valence-electron chi connectivity index (χ1n) is 5.38. The Morgan fingerprint density at radius 1 is 1.50 bits per heavy atom. The van der Waals surface area contributed by atoms with Crippen LogP contribution >= 0.6 is 12.4 Å². The van der Waals surface area contributed by atoms with E-state index in [1.54, 1.807) is 7.11 Å². The third-order valence-electron chi connectivity index (χ3n) is 2.79. The molecular weight excluding hydrogens is 224 g/mol. The van der Waals surface area contributed by atoms with E-state index < -0.39 is 0 Å². The van der Waals surface area contributed by atoms with E-state index >= 15 is 0 Å². The van der Waals surface area contributed by atoms with Crippen LogP contribution in [0.25, 0.3) is 0 Å². The first kappa shape index (κ1) is 13.1. The number of nitrogens with zero attached hydrogens (tertiary/aromatic N) is 1. The summed E-state index contributed by atoms with van der Waals surface area (Å²) in [5.74, 6) is 0.922. The molecule has 0 spiro atoms. The Balaban J connectivity index is 0.00000128. The average Bonchev–Trinajstić information content (AvgIpc) is 2.60. The molecule has 0 amide bonds. The lowest BCUT2D eigenvalue weighted by Crippen LogP contribution is -2.34. The average molecular weight is 243 g/mol. The van der Waals surface area contributed by atoms with Gasteiger partial charge in [-0.15, -0.1) is 12.4 Å². The van der Waals surface area contributed by atoms with Gasteiger partial charge in [-0.2, -0.15) is 0 Å². The summed E-state index contributed by atoms with van der Waals surface area (Å²) >= 11 is 0. The van der Waals surface area contributed by atoms with Crippen molar-refractivity contribution in [1.29, 1.82) is 0 Å². The molecule has 2 rings (SSSR count). The molecule has 16 heavy (non-hydrogen) atoms. The van der Waals surface area contributed by atoms with Gasteiger partial charge in [-0.1, -0.05) is 6.07 Å². The molecule has 2 N–H and O–H groups in total. The maximum absolute atomic E-state index is 5.83. The van der Waals surface area contributed by atoms with Crippen molar-refractivity contribution < 1.29 is 4.74 Å². The Hall–Kier alpha value is -0.930. The van der Waals surface area contributed by atoms with Gasteiger partial charge >= 0.3 is 0 Å². The maximum Gasteiger partial charge on any atom is 0.120 e. The minimum absolute atomic E-state index is 0. The van der Waals surface area contributed by atoms with Crippen LogP contribution in [-0.2, 0) is 6.42 Å². The van der Waals surface area contributed by atoms with Gasteiger partial charge in [-0.05, 0) is 25.0 Å². The van der Waals surface area contributed by atoms with E-state index in [0.29, 0.717) is 0 Å². The Bertz CT molecular complexity index is 355. The van der Waals surface area contributed by atoms with Crippen molar-refractivity contribution in [3.63, 3.8) is 0 Å². The zero-order valence-electron chi connectivity index (χ0n) is 9.77. The first-order valence-corrected chi connectivity index (χ1v) is 5.38. The molecule has 1 aliphatic rings. The molecule has 1 aliphatic heterocycles. The van der Waals surface area contributed by atoms with E-state index in [-0.39, 0.29) is 18.4 Å². The number of methoxy groups -OCH3 is 1. The molecule has 0 radical (unpaired) electrons. The SMILES string of the molecule is COc1ccc2c(c1)N(CC(C)N)CC2.Cl. The number of hydrogen-bond acceptors (Lipinski definition) is 3. The number of fused-ring (bicyclic) bond motifs is 1. The normalized spacial score (nSPS) is 15.3. The summed E-state index contributed by atoms with van der Waals surface area (Å²) in [5.41, 5.74) is 8.51. The molecule has 1 unspecified atom stereocenters. The highest BCUT2D eigenvalue weighted by Gasteiger charge is 2.19. The predicted octanol–water partition coefficient (Wildman–Crippen LogP) is 1.83. The molecule has 4 heteroatoms. The highest BCUT2D eigenvalue weighted by Crippen LogP contribution is 2.31. The van der Waals surface area contributed by atoms with Crippen LogP contribution in [0.1, 0.15) is 12.5 Å². The van der Waals surface area contributed by atoms with E-state index in [0.717, 1.165) is 25.3 Å². The Morgan fingerprint density at radius 3 is 2.88 bits per heavy atom. The quantitative estimate of drug-likeness (QED) is 0.879. The van der Waals surface area contributed by atoms with E-state index in [2.05, 4.69) is 17.0 Å². The van der Waals surface area contributed by atoms with Crippen molar-refractivity contribution in [3.8, 4) is 5.75 Å². The zero-order chi connectivity index (χ0) is 10.8. The predicted molar refractivity (Wildman–Crippen MR) is 69.8 cm³/mol. The van der Waals surface area contributed by atoms with Gasteiger partial charge in [-0.3, -0.25) is 0 Å². The number of nitrogens with two attached hydrogens (primary N) is 1. The van der Waals surface area contributed by atoms with Gasteiger partial charge in [0.2, 0.25) is 0 Å². The fourth-order valence-corrected chi connectivity index (χ4v) is 2.09. The van der Waals surface area contributed by atoms with Gasteiger partial charge in [0.15, 0.2) is 0 Å². The molecule has 0 aliphatic carbocycles. The number of rotatable bonds is 3. The van der Waals surface area contributed by atoms with E-state index in [4.69, 9.17) is 10.5 Å². The van der Waals surface area contributed by atoms with Crippen molar-refractivity contribution in [2.24, 2.45) is 5.73 Å². The van der Waals surface area contributed by atoms with E-state index in [9.17, 15) is 0 Å². The van der Waals surface area contributed by atoms with Crippen LogP contribution in [0.3, 0.4) is 0 Å². The van der Waals surface area contributed by atoms with Gasteiger partial charge in [0.1, 0.15) is 5.75 Å². The Kier molecular flexibility index (Phi) is 4.44. The summed E-state index contributed by atoms with van der Waals surface area (Å²) in [6.45, 7) is 4.03. The first-order chi connectivity index (χ1) is 7.20. The van der Waals surface area contributed by atoms with Crippen molar-refractivity contribution in [3.05, 3.63) is 23.8 Å². The largest absolute Gasteiger partial charge is 0.497 e. The summed E-state index contributed by atoms with van der Waals surface area (Å²) in [4.78, 5) is 2.34. The lowest BCUT2D eigenvalue weighted by atomic mass is 10.1. The topological polar surface area (TPSA) is 38.5 Å². The van der Waals surface area contributed by atoms with E-state index in [1.807, 2.05) is 13.0 Å². The minimum Gasteiger partial charge on any atom is -0.497 e. The zero-order valence-corrected chi connectivity index (χ0v) is 10.6. The number of hydrogen-bond donors (Lipinski definition) is 1. The van der Waals surface area contributed by atoms with Crippen LogP contribution in [0.4, 0.5) is 5.69 Å². The Morgan fingerprint density at radius 2 is 2.25 bits per heavy atom. The molecule has 0 bridgehead atoms. The molecule has 0 fully saturated rings. The van der Waals surface area contributed by atoms with Crippen LogP contribution < -0.4 is 15.4 Å². The maximum atomic E-state index is 5.83. The van der Waals surface area contributed by atoms with Crippen LogP contribution in [0.2, 0.25) is 0 Å². The van der Waals surface area contributed by atoms with E-state index in [1.165, 1.54) is 11.3 Å². The Labute approximate surface area is 103 Å². The molecule has 0 saturated carbocycles. The second kappa shape index (κ2) is 5.41. The highest BCUT2D eigenvalue weighted by molar-refractivity contribution is 5.85. The summed E-state index contributed by atoms with van der Waals surface area (Å²) in [7, 11) is 1.70. The number of ether oxygens (including phenoxy) is 1. The van der Waals surface area contributed by atoms with Crippen LogP contribution in [-0.4, -0.2) is 26.2 Å². The highest BCUT2D eigenvalue weighted by atomic mass is 35.5. The van der Waals surface area contributed by atoms with Crippen molar-refractivity contribution in [1.82, 2.24) is 0 Å². The number of halogens is 1. The summed E-state index contributed by atoms with van der Waals surface area (Å²) in [6, 6.07) is 6.48. The fourth-order valence-electron chi connectivity index (χ4n) is 2.09. The third-order valence-corrected chi connectivity index (χ3v) is 2.79. The van der Waals surface area contributed by atoms with Gasteiger partial charge in [0.05, 0.1) is 7.11 Å². The molecule has 1 atom stereocenters. The lowest BCUT2D eigenvalue weighted by molar-refractivity contribution is 0.415. The number of benzene rings is 1. The second-order valence-electron chi connectivity index (χ2n) is 4.17.